The molecule has 0 saturated heterocycles. The van der Waals surface area contributed by atoms with E-state index in [1.165, 1.54) is 0 Å². The highest BCUT2D eigenvalue weighted by Gasteiger charge is 2.34. The Kier molecular flexibility index (Phi) is 4.41. The minimum Gasteiger partial charge on any atom is -0.744 e. The van der Waals surface area contributed by atoms with E-state index < -0.39 is 57.0 Å². The minimum absolute atomic E-state index is 0.0989. The van der Waals surface area contributed by atoms with Gasteiger partial charge in [-0.1, -0.05) is 0 Å². The second-order valence-corrected chi connectivity index (χ2v) is 8.28. The van der Waals surface area contributed by atoms with Crippen LogP contribution in [0, 0.1) is 20.2 Å². The number of nitro groups is 2. The first-order valence-electron chi connectivity index (χ1n) is 7.09. The molecule has 0 aromatic heterocycles. The molecule has 0 saturated carbocycles. The third kappa shape index (κ3) is 3.42. The van der Waals surface area contributed by atoms with Gasteiger partial charge in [0.15, 0.2) is 5.76 Å². The molecule has 12 nitrogen and oxygen atoms in total. The van der Waals surface area contributed by atoms with Gasteiger partial charge in [0.05, 0.1) is 14.7 Å². The van der Waals surface area contributed by atoms with Crippen molar-refractivity contribution in [2.45, 2.75) is 9.79 Å². The summed E-state index contributed by atoms with van der Waals surface area (Å²) in [5.74, 6) is -0.399. The zero-order chi connectivity index (χ0) is 20.9. The summed E-state index contributed by atoms with van der Waals surface area (Å²) in [5.41, 5.74) is -1.62. The fourth-order valence-corrected chi connectivity index (χ4v) is 4.31. The highest BCUT2D eigenvalue weighted by atomic mass is 32.2. The van der Waals surface area contributed by atoms with E-state index in [2.05, 4.69) is 0 Å². The molecule has 2 aromatic rings. The Bertz CT molecular complexity index is 1280. The minimum atomic E-state index is -5.15. The van der Waals surface area contributed by atoms with Crippen LogP contribution < -0.4 is 0 Å². The summed E-state index contributed by atoms with van der Waals surface area (Å²) in [6.07, 6.45) is 0.893. The van der Waals surface area contributed by atoms with Crippen molar-refractivity contribution in [3.05, 3.63) is 67.8 Å². The van der Waals surface area contributed by atoms with Gasteiger partial charge in [-0.15, -0.1) is 0 Å². The molecule has 0 N–H and O–H groups in total. The third-order valence-electron chi connectivity index (χ3n) is 3.67. The molecule has 0 spiro atoms. The Hall–Kier alpha value is -3.36. The lowest BCUT2D eigenvalue weighted by Gasteiger charge is -2.10. The van der Waals surface area contributed by atoms with E-state index in [1.54, 1.807) is 0 Å². The first-order valence-corrected chi connectivity index (χ1v) is 9.91. The normalized spacial score (nSPS) is 16.4. The summed E-state index contributed by atoms with van der Waals surface area (Å²) in [6, 6.07) is 5.26. The fraction of sp³-hybridized carbons (Fsp3) is 0. The predicted octanol–water partition coefficient (Wildman–Crippen LogP) is 1.62. The van der Waals surface area contributed by atoms with Gasteiger partial charge in [0.25, 0.3) is 11.4 Å². The zero-order valence-electron chi connectivity index (χ0n) is 13.3. The maximum Gasteiger partial charge on any atom is 0.340 e. The van der Waals surface area contributed by atoms with Crippen LogP contribution in [0.4, 0.5) is 11.4 Å². The van der Waals surface area contributed by atoms with Gasteiger partial charge in [0.1, 0.15) is 15.0 Å². The number of fused-ring (bicyclic) bond motifs is 1. The summed E-state index contributed by atoms with van der Waals surface area (Å²) < 4.78 is 63.3. The quantitative estimate of drug-likeness (QED) is 0.300. The van der Waals surface area contributed by atoms with Crippen molar-refractivity contribution in [2.24, 2.45) is 0 Å². The second kappa shape index (κ2) is 6.36. The Morgan fingerprint density at radius 2 is 1.54 bits per heavy atom. The lowest BCUT2D eigenvalue weighted by atomic mass is 10.1. The number of nitro benzene ring substituents is 2. The summed E-state index contributed by atoms with van der Waals surface area (Å²) >= 11 is 0. The molecule has 14 heteroatoms. The number of nitrogens with zero attached hydrogens (tertiary/aromatic N) is 2. The smallest absolute Gasteiger partial charge is 0.340 e. The highest BCUT2D eigenvalue weighted by molar-refractivity contribution is 7.87. The van der Waals surface area contributed by atoms with Gasteiger partial charge >= 0.3 is 10.1 Å². The van der Waals surface area contributed by atoms with Crippen LogP contribution in [0.5, 0.6) is 0 Å². The molecule has 0 atom stereocenters. The summed E-state index contributed by atoms with van der Waals surface area (Å²) in [7, 11) is -9.56. The largest absolute Gasteiger partial charge is 0.744 e. The summed E-state index contributed by atoms with van der Waals surface area (Å²) in [4.78, 5) is 18.4. The van der Waals surface area contributed by atoms with Gasteiger partial charge in [-0.3, -0.25) is 20.2 Å². The van der Waals surface area contributed by atoms with Crippen molar-refractivity contribution in [2.75, 3.05) is 0 Å². The maximum absolute atomic E-state index is 12.1. The fourth-order valence-electron chi connectivity index (χ4n) is 2.46. The molecular formula is C14H7N2O10S2-. The topological polar surface area (TPSA) is 187 Å². The summed E-state index contributed by atoms with van der Waals surface area (Å²) in [6.45, 7) is 0. The number of benzene rings is 2. The van der Waals surface area contributed by atoms with Crippen molar-refractivity contribution in [1.29, 1.82) is 0 Å². The molecule has 0 radical (unpaired) electrons. The molecule has 1 aliphatic rings. The van der Waals surface area contributed by atoms with Gasteiger partial charge in [-0.05, 0) is 23.8 Å². The average Bonchev–Trinajstić information content (AvgIpc) is 2.84. The van der Waals surface area contributed by atoms with Crippen molar-refractivity contribution in [1.82, 2.24) is 0 Å². The Labute approximate surface area is 156 Å². The van der Waals surface area contributed by atoms with Crippen LogP contribution in [-0.2, 0) is 24.4 Å². The van der Waals surface area contributed by atoms with Crippen molar-refractivity contribution < 1.29 is 35.4 Å². The molecule has 1 aliphatic heterocycles. The lowest BCUT2D eigenvalue weighted by Crippen LogP contribution is -2.03. The van der Waals surface area contributed by atoms with Crippen LogP contribution in [0.1, 0.15) is 11.1 Å². The molecular weight excluding hydrogens is 420 g/mol. The van der Waals surface area contributed by atoms with Gasteiger partial charge in [0, 0.05) is 29.8 Å². The lowest BCUT2D eigenvalue weighted by molar-refractivity contribution is -0.385. The van der Waals surface area contributed by atoms with E-state index in [1.807, 2.05) is 0 Å². The van der Waals surface area contributed by atoms with E-state index in [0.29, 0.717) is 6.07 Å². The molecule has 3 rings (SSSR count). The monoisotopic (exact) mass is 427 g/mol. The molecule has 28 heavy (non-hydrogen) atoms. The number of hydrogen-bond acceptors (Lipinski definition) is 10. The number of non-ortho nitro benzene ring substituents is 2. The van der Waals surface area contributed by atoms with Crippen molar-refractivity contribution >= 4 is 43.4 Å². The van der Waals surface area contributed by atoms with Crippen LogP contribution in [0.25, 0.3) is 11.8 Å². The Morgan fingerprint density at radius 3 is 2.11 bits per heavy atom. The van der Waals surface area contributed by atoms with Crippen LogP contribution in [0.3, 0.4) is 0 Å². The van der Waals surface area contributed by atoms with Crippen LogP contribution in [0.2, 0.25) is 0 Å². The van der Waals surface area contributed by atoms with E-state index in [-0.39, 0.29) is 11.1 Å². The predicted molar refractivity (Wildman–Crippen MR) is 90.3 cm³/mol. The maximum atomic E-state index is 12.1. The van der Waals surface area contributed by atoms with E-state index in [9.17, 15) is 41.6 Å². The third-order valence-corrected chi connectivity index (χ3v) is 5.84. The molecule has 2 aromatic carbocycles. The average molecular weight is 427 g/mol. The Morgan fingerprint density at radius 1 is 0.964 bits per heavy atom. The van der Waals surface area contributed by atoms with Crippen LogP contribution in [0.15, 0.2) is 46.2 Å². The number of rotatable bonds is 4. The SMILES string of the molecule is O=[N+]([O-])c1ccc(/C=C2\OS(=O)(=O)c3cc([N+](=O)[O-])ccc32)c(S(=O)(=O)[O-])c1. The van der Waals surface area contributed by atoms with Crippen molar-refractivity contribution in [3.8, 4) is 0 Å². The molecule has 1 heterocycles. The molecule has 0 amide bonds. The standard InChI is InChI=1S/C14H8N2O10S2/c17-15(18)9-2-1-8(13(6-9)27(21,22)23)5-12-11-4-3-10(16(19)20)7-14(11)28(24,25)26-12/h1-7H,(H,21,22,23)/p-1/b12-5-. The Balaban J connectivity index is 2.22. The van der Waals surface area contributed by atoms with Crippen LogP contribution in [-0.4, -0.2) is 31.2 Å². The van der Waals surface area contributed by atoms with E-state index >= 15 is 0 Å². The van der Waals surface area contributed by atoms with Gasteiger partial charge in [-0.25, -0.2) is 8.42 Å². The number of hydrogen-bond donors (Lipinski definition) is 0. The first kappa shape index (κ1) is 19.4. The van der Waals surface area contributed by atoms with Crippen molar-refractivity contribution in [3.63, 3.8) is 0 Å². The molecule has 0 fully saturated rings. The molecule has 146 valence electrons. The van der Waals surface area contributed by atoms with Gasteiger partial charge < -0.3 is 8.74 Å². The first-order chi connectivity index (χ1) is 12.9. The van der Waals surface area contributed by atoms with Gasteiger partial charge in [0.2, 0.25) is 0 Å². The molecule has 0 unspecified atom stereocenters. The highest BCUT2D eigenvalue weighted by Crippen LogP contribution is 2.39. The van der Waals surface area contributed by atoms with Crippen LogP contribution >= 0.6 is 0 Å². The van der Waals surface area contributed by atoms with Gasteiger partial charge in [-0.2, -0.15) is 8.42 Å². The molecule has 0 aliphatic carbocycles. The molecule has 0 bridgehead atoms. The van der Waals surface area contributed by atoms with E-state index in [4.69, 9.17) is 4.18 Å². The zero-order valence-corrected chi connectivity index (χ0v) is 15.0. The van der Waals surface area contributed by atoms with E-state index in [0.717, 1.165) is 36.4 Å². The second-order valence-electron chi connectivity index (χ2n) is 5.42. The summed E-state index contributed by atoms with van der Waals surface area (Å²) in [5, 5.41) is 21.6.